The third-order valence-corrected chi connectivity index (χ3v) is 1.74. The SMILES string of the molecule is CCOC(=O)C(CC)NCCC(N)=O. The van der Waals surface area contributed by atoms with Crippen molar-refractivity contribution in [3.63, 3.8) is 0 Å². The molecule has 0 aromatic rings. The molecule has 1 atom stereocenters. The second kappa shape index (κ2) is 7.32. The maximum atomic E-state index is 11.2. The van der Waals surface area contributed by atoms with E-state index in [-0.39, 0.29) is 24.3 Å². The van der Waals surface area contributed by atoms with Crippen LogP contribution in [0.15, 0.2) is 0 Å². The van der Waals surface area contributed by atoms with Gasteiger partial charge in [-0.1, -0.05) is 6.92 Å². The summed E-state index contributed by atoms with van der Waals surface area (Å²) in [6, 6.07) is -0.339. The molecule has 0 heterocycles. The molecule has 0 rings (SSSR count). The molecule has 0 bridgehead atoms. The Bertz CT molecular complexity index is 194. The quantitative estimate of drug-likeness (QED) is 0.560. The van der Waals surface area contributed by atoms with Crippen molar-refractivity contribution in [2.75, 3.05) is 13.2 Å². The van der Waals surface area contributed by atoms with Crippen LogP contribution in [0.3, 0.4) is 0 Å². The van der Waals surface area contributed by atoms with Gasteiger partial charge >= 0.3 is 5.97 Å². The Balaban J connectivity index is 3.78. The number of ether oxygens (including phenoxy) is 1. The molecule has 5 nitrogen and oxygen atoms in total. The smallest absolute Gasteiger partial charge is 0.323 e. The topological polar surface area (TPSA) is 81.4 Å². The Kier molecular flexibility index (Phi) is 6.74. The lowest BCUT2D eigenvalue weighted by atomic mass is 10.2. The number of nitrogens with two attached hydrogens (primary N) is 1. The van der Waals surface area contributed by atoms with Crippen LogP contribution < -0.4 is 11.1 Å². The highest BCUT2D eigenvalue weighted by Crippen LogP contribution is 1.94. The maximum Gasteiger partial charge on any atom is 0.323 e. The number of carbonyl (C=O) groups is 2. The number of esters is 1. The molecule has 0 radical (unpaired) electrons. The van der Waals surface area contributed by atoms with Crippen LogP contribution in [0.25, 0.3) is 0 Å². The molecule has 1 amide bonds. The fourth-order valence-electron chi connectivity index (χ4n) is 1.01. The second-order valence-corrected chi connectivity index (χ2v) is 2.88. The third-order valence-electron chi connectivity index (χ3n) is 1.74. The first-order chi connectivity index (χ1) is 6.61. The van der Waals surface area contributed by atoms with Crippen LogP contribution in [-0.4, -0.2) is 31.1 Å². The molecule has 0 aromatic heterocycles. The first-order valence-corrected chi connectivity index (χ1v) is 4.80. The summed E-state index contributed by atoms with van der Waals surface area (Å²) in [5, 5.41) is 2.91. The number of primary amides is 1. The zero-order valence-electron chi connectivity index (χ0n) is 8.71. The Morgan fingerprint density at radius 2 is 2.07 bits per heavy atom. The first-order valence-electron chi connectivity index (χ1n) is 4.80. The van der Waals surface area contributed by atoms with Gasteiger partial charge in [0.05, 0.1) is 6.61 Å². The normalized spacial score (nSPS) is 12.1. The zero-order valence-corrected chi connectivity index (χ0v) is 8.71. The molecule has 0 saturated heterocycles. The number of hydrogen-bond donors (Lipinski definition) is 2. The molecule has 82 valence electrons. The summed E-state index contributed by atoms with van der Waals surface area (Å²) < 4.78 is 4.83. The van der Waals surface area contributed by atoms with E-state index in [0.717, 1.165) is 0 Å². The van der Waals surface area contributed by atoms with Gasteiger partial charge < -0.3 is 15.8 Å². The Hall–Kier alpha value is -1.10. The molecule has 0 fully saturated rings. The second-order valence-electron chi connectivity index (χ2n) is 2.88. The number of rotatable bonds is 7. The van der Waals surface area contributed by atoms with Gasteiger partial charge in [-0.3, -0.25) is 9.59 Å². The first kappa shape index (κ1) is 12.9. The molecule has 0 aromatic carbocycles. The van der Waals surface area contributed by atoms with E-state index in [1.165, 1.54) is 0 Å². The van der Waals surface area contributed by atoms with Gasteiger partial charge in [-0.05, 0) is 13.3 Å². The Labute approximate surface area is 84.0 Å². The van der Waals surface area contributed by atoms with E-state index in [4.69, 9.17) is 10.5 Å². The Morgan fingerprint density at radius 3 is 2.50 bits per heavy atom. The van der Waals surface area contributed by atoms with E-state index in [2.05, 4.69) is 5.32 Å². The maximum absolute atomic E-state index is 11.2. The summed E-state index contributed by atoms with van der Waals surface area (Å²) in [7, 11) is 0. The van der Waals surface area contributed by atoms with Gasteiger partial charge in [0, 0.05) is 13.0 Å². The van der Waals surface area contributed by atoms with E-state index in [0.29, 0.717) is 19.6 Å². The van der Waals surface area contributed by atoms with Crippen LogP contribution in [-0.2, 0) is 14.3 Å². The van der Waals surface area contributed by atoms with Crippen LogP contribution in [0.4, 0.5) is 0 Å². The molecule has 0 aliphatic heterocycles. The zero-order chi connectivity index (χ0) is 11.0. The van der Waals surface area contributed by atoms with Gasteiger partial charge in [0.25, 0.3) is 0 Å². The van der Waals surface area contributed by atoms with Crippen molar-refractivity contribution in [3.8, 4) is 0 Å². The summed E-state index contributed by atoms with van der Waals surface area (Å²) in [5.41, 5.74) is 4.96. The van der Waals surface area contributed by atoms with Crippen LogP contribution in [0.1, 0.15) is 26.7 Å². The fraction of sp³-hybridized carbons (Fsp3) is 0.778. The molecule has 14 heavy (non-hydrogen) atoms. The minimum Gasteiger partial charge on any atom is -0.465 e. The minimum atomic E-state index is -0.379. The average Bonchev–Trinajstić information content (AvgIpc) is 2.12. The lowest BCUT2D eigenvalue weighted by Crippen LogP contribution is -2.39. The molecular formula is C9H18N2O3. The standard InChI is InChI=1S/C9H18N2O3/c1-3-7(9(13)14-4-2)11-6-5-8(10)12/h7,11H,3-6H2,1-2H3,(H2,10,12). The van der Waals surface area contributed by atoms with Crippen LogP contribution in [0, 0.1) is 0 Å². The molecule has 1 unspecified atom stereocenters. The molecule has 5 heteroatoms. The number of amides is 1. The van der Waals surface area contributed by atoms with Crippen LogP contribution >= 0.6 is 0 Å². The number of nitrogens with one attached hydrogen (secondary N) is 1. The van der Waals surface area contributed by atoms with Crippen molar-refractivity contribution in [3.05, 3.63) is 0 Å². The summed E-state index contributed by atoms with van der Waals surface area (Å²) in [5.74, 6) is -0.657. The number of carbonyl (C=O) groups excluding carboxylic acids is 2. The lowest BCUT2D eigenvalue weighted by molar-refractivity contribution is -0.145. The highest BCUT2D eigenvalue weighted by Gasteiger charge is 2.16. The van der Waals surface area contributed by atoms with E-state index in [1.54, 1.807) is 6.92 Å². The van der Waals surface area contributed by atoms with Crippen LogP contribution in [0.5, 0.6) is 0 Å². The van der Waals surface area contributed by atoms with Crippen molar-refractivity contribution in [2.24, 2.45) is 5.73 Å². The van der Waals surface area contributed by atoms with Crippen molar-refractivity contribution in [1.82, 2.24) is 5.32 Å². The summed E-state index contributed by atoms with van der Waals surface area (Å²) in [6.07, 6.45) is 0.869. The molecule has 3 N–H and O–H groups in total. The fourth-order valence-corrected chi connectivity index (χ4v) is 1.01. The highest BCUT2D eigenvalue weighted by atomic mass is 16.5. The van der Waals surface area contributed by atoms with E-state index in [1.807, 2.05) is 6.92 Å². The van der Waals surface area contributed by atoms with Gasteiger partial charge in [0.15, 0.2) is 0 Å². The minimum absolute atomic E-state index is 0.232. The van der Waals surface area contributed by atoms with Crippen molar-refractivity contribution in [1.29, 1.82) is 0 Å². The third kappa shape index (κ3) is 5.53. The summed E-state index contributed by atoms with van der Waals surface area (Å²) in [6.45, 7) is 4.41. The molecule has 0 spiro atoms. The van der Waals surface area contributed by atoms with Gasteiger partial charge in [0.2, 0.25) is 5.91 Å². The van der Waals surface area contributed by atoms with Crippen LogP contribution in [0.2, 0.25) is 0 Å². The molecule has 0 aliphatic carbocycles. The average molecular weight is 202 g/mol. The van der Waals surface area contributed by atoms with Gasteiger partial charge in [0.1, 0.15) is 6.04 Å². The lowest BCUT2D eigenvalue weighted by Gasteiger charge is -2.14. The van der Waals surface area contributed by atoms with Crippen molar-refractivity contribution in [2.45, 2.75) is 32.7 Å². The van der Waals surface area contributed by atoms with E-state index in [9.17, 15) is 9.59 Å². The predicted octanol–water partition coefficient (Wildman–Crippen LogP) is -0.207. The number of hydrogen-bond acceptors (Lipinski definition) is 4. The van der Waals surface area contributed by atoms with Gasteiger partial charge in [-0.2, -0.15) is 0 Å². The van der Waals surface area contributed by atoms with Gasteiger partial charge in [-0.15, -0.1) is 0 Å². The Morgan fingerprint density at radius 1 is 1.43 bits per heavy atom. The monoisotopic (exact) mass is 202 g/mol. The van der Waals surface area contributed by atoms with E-state index < -0.39 is 0 Å². The highest BCUT2D eigenvalue weighted by molar-refractivity contribution is 5.76. The van der Waals surface area contributed by atoms with E-state index >= 15 is 0 Å². The molecular weight excluding hydrogens is 184 g/mol. The molecule has 0 saturated carbocycles. The van der Waals surface area contributed by atoms with Crippen molar-refractivity contribution < 1.29 is 14.3 Å². The largest absolute Gasteiger partial charge is 0.465 e. The molecule has 0 aliphatic rings. The summed E-state index contributed by atoms with van der Waals surface area (Å²) >= 11 is 0. The predicted molar refractivity (Wildman–Crippen MR) is 52.5 cm³/mol. The van der Waals surface area contributed by atoms with Crippen molar-refractivity contribution >= 4 is 11.9 Å². The summed E-state index contributed by atoms with van der Waals surface area (Å²) in [4.78, 5) is 21.7. The van der Waals surface area contributed by atoms with Gasteiger partial charge in [-0.25, -0.2) is 0 Å².